The molecule has 0 saturated carbocycles. The third-order valence-corrected chi connectivity index (χ3v) is 5.33. The summed E-state index contributed by atoms with van der Waals surface area (Å²) in [5, 5.41) is 10.1. The maximum atomic E-state index is 13.2. The number of thiophene rings is 1. The molecule has 0 unspecified atom stereocenters. The van der Waals surface area contributed by atoms with Gasteiger partial charge in [-0.2, -0.15) is 5.10 Å². The van der Waals surface area contributed by atoms with Crippen LogP contribution in [0.3, 0.4) is 0 Å². The van der Waals surface area contributed by atoms with Crippen molar-refractivity contribution in [1.29, 1.82) is 0 Å². The zero-order valence-electron chi connectivity index (χ0n) is 15.5. The number of carbonyl (C=O) groups is 2. The summed E-state index contributed by atoms with van der Waals surface area (Å²) in [6.07, 6.45) is 1.40. The van der Waals surface area contributed by atoms with Crippen molar-refractivity contribution in [1.82, 2.24) is 10.2 Å². The van der Waals surface area contributed by atoms with Gasteiger partial charge in [0.2, 0.25) is 0 Å². The highest BCUT2D eigenvalue weighted by atomic mass is 32.1. The highest BCUT2D eigenvalue weighted by Gasteiger charge is 2.28. The van der Waals surface area contributed by atoms with E-state index in [0.29, 0.717) is 26.5 Å². The first-order valence-electron chi connectivity index (χ1n) is 8.65. The highest BCUT2D eigenvalue weighted by Crippen LogP contribution is 2.32. The summed E-state index contributed by atoms with van der Waals surface area (Å²) >= 11 is 1.14. The van der Waals surface area contributed by atoms with Gasteiger partial charge < -0.3 is 14.5 Å². The van der Waals surface area contributed by atoms with Gasteiger partial charge in [-0.15, -0.1) is 11.3 Å². The molecule has 9 heteroatoms. The van der Waals surface area contributed by atoms with Crippen molar-refractivity contribution in [3.63, 3.8) is 0 Å². The van der Waals surface area contributed by atoms with Gasteiger partial charge in [-0.1, -0.05) is 12.1 Å². The van der Waals surface area contributed by atoms with Crippen molar-refractivity contribution in [3.8, 4) is 0 Å². The van der Waals surface area contributed by atoms with Gasteiger partial charge in [-0.25, -0.2) is 9.18 Å². The molecule has 4 rings (SSSR count). The van der Waals surface area contributed by atoms with Gasteiger partial charge >= 0.3 is 5.97 Å². The Kier molecular flexibility index (Phi) is 4.67. The van der Waals surface area contributed by atoms with Gasteiger partial charge in [0.1, 0.15) is 26.9 Å². The average Bonchev–Trinajstić information content (AvgIpc) is 3.40. The molecule has 0 aliphatic carbocycles. The Bertz CT molecular complexity index is 1180. The molecular weight excluding hydrogens is 397 g/mol. The van der Waals surface area contributed by atoms with E-state index in [0.717, 1.165) is 11.3 Å². The van der Waals surface area contributed by atoms with Crippen molar-refractivity contribution in [2.24, 2.45) is 0 Å². The maximum Gasteiger partial charge on any atom is 0.349 e. The van der Waals surface area contributed by atoms with E-state index in [2.05, 4.69) is 15.5 Å². The van der Waals surface area contributed by atoms with Crippen LogP contribution in [0.5, 0.6) is 0 Å². The second-order valence-corrected chi connectivity index (χ2v) is 7.80. The first kappa shape index (κ1) is 18.9. The number of fused-ring (bicyclic) bond motifs is 1. The van der Waals surface area contributed by atoms with Crippen LogP contribution in [0.2, 0.25) is 0 Å². The number of aromatic nitrogens is 2. The molecule has 0 aliphatic heterocycles. The molecule has 3 heterocycles. The van der Waals surface area contributed by atoms with Gasteiger partial charge in [0.25, 0.3) is 5.91 Å². The topological polar surface area (TPSA) is 97.2 Å². The minimum Gasteiger partial charge on any atom is -0.459 e. The number of furan rings is 1. The van der Waals surface area contributed by atoms with Crippen molar-refractivity contribution < 1.29 is 23.1 Å². The minimum atomic E-state index is -0.950. The number of H-pyrrole nitrogens is 1. The molecule has 4 aromatic rings. The molecular formula is C20H16FN3O4S. The summed E-state index contributed by atoms with van der Waals surface area (Å²) < 4.78 is 23.9. The number of hydrogen-bond donors (Lipinski definition) is 2. The van der Waals surface area contributed by atoms with Crippen molar-refractivity contribution >= 4 is 39.2 Å². The molecule has 0 spiro atoms. The smallest absolute Gasteiger partial charge is 0.349 e. The number of nitrogens with one attached hydrogen (secondary N) is 2. The van der Waals surface area contributed by atoms with E-state index in [1.54, 1.807) is 38.1 Å². The summed E-state index contributed by atoms with van der Waals surface area (Å²) in [7, 11) is 0. The lowest BCUT2D eigenvalue weighted by Gasteiger charge is -2.25. The third-order valence-electron chi connectivity index (χ3n) is 4.32. The Labute approximate surface area is 168 Å². The van der Waals surface area contributed by atoms with Crippen molar-refractivity contribution in [2.45, 2.75) is 19.4 Å². The fourth-order valence-corrected chi connectivity index (χ4v) is 3.65. The van der Waals surface area contributed by atoms with E-state index in [4.69, 9.17) is 9.15 Å². The number of amides is 1. The normalized spacial score (nSPS) is 11.6. The summed E-state index contributed by atoms with van der Waals surface area (Å²) in [5.41, 5.74) is -0.282. The van der Waals surface area contributed by atoms with Crippen LogP contribution in [0.1, 0.15) is 39.6 Å². The SMILES string of the molecule is CC(C)(OC(=O)c1cc2c(NC(=O)c3ccco3)[nH]nc2s1)c1ccc(F)cc1. The molecule has 0 saturated heterocycles. The van der Waals surface area contributed by atoms with Gasteiger partial charge in [0, 0.05) is 0 Å². The number of esters is 1. The van der Waals surface area contributed by atoms with E-state index in [-0.39, 0.29) is 11.6 Å². The van der Waals surface area contributed by atoms with Gasteiger partial charge in [-0.3, -0.25) is 9.89 Å². The zero-order valence-corrected chi connectivity index (χ0v) is 16.3. The molecule has 1 aromatic carbocycles. The molecule has 2 N–H and O–H groups in total. The Hall–Kier alpha value is -3.46. The number of benzene rings is 1. The predicted molar refractivity (Wildman–Crippen MR) is 105 cm³/mol. The Morgan fingerprint density at radius 1 is 1.24 bits per heavy atom. The number of carbonyl (C=O) groups excluding carboxylic acids is 2. The van der Waals surface area contributed by atoms with Gasteiger partial charge in [0.05, 0.1) is 11.6 Å². The zero-order chi connectivity index (χ0) is 20.6. The number of halogens is 1. The first-order chi connectivity index (χ1) is 13.8. The van der Waals surface area contributed by atoms with E-state index in [1.165, 1.54) is 24.5 Å². The van der Waals surface area contributed by atoms with Crippen LogP contribution in [-0.4, -0.2) is 22.1 Å². The number of hydrogen-bond acceptors (Lipinski definition) is 6. The Balaban J connectivity index is 1.53. The van der Waals surface area contributed by atoms with Crippen LogP contribution in [0.4, 0.5) is 10.2 Å². The Morgan fingerprint density at radius 2 is 2.00 bits per heavy atom. The van der Waals surface area contributed by atoms with Crippen LogP contribution in [0, 0.1) is 5.82 Å². The summed E-state index contributed by atoms with van der Waals surface area (Å²) in [6.45, 7) is 3.46. The molecule has 0 bridgehead atoms. The fourth-order valence-electron chi connectivity index (χ4n) is 2.78. The summed E-state index contributed by atoms with van der Waals surface area (Å²) in [5.74, 6) is -0.823. The molecule has 1 amide bonds. The number of ether oxygens (including phenoxy) is 1. The molecule has 7 nitrogen and oxygen atoms in total. The molecule has 0 aliphatic rings. The molecule has 0 fully saturated rings. The number of aromatic amines is 1. The largest absolute Gasteiger partial charge is 0.459 e. The molecule has 0 radical (unpaired) electrons. The lowest BCUT2D eigenvalue weighted by atomic mass is 9.98. The second-order valence-electron chi connectivity index (χ2n) is 6.77. The standard InChI is InChI=1S/C20H16FN3O4S/c1-20(2,11-5-7-12(21)8-6-11)28-19(26)15-10-13-16(23-24-18(13)29-15)22-17(25)14-4-3-9-27-14/h3-10H,1-2H3,(H2,22,23,24,25). The Morgan fingerprint density at radius 3 is 2.69 bits per heavy atom. The van der Waals surface area contributed by atoms with Crippen LogP contribution in [-0.2, 0) is 10.3 Å². The fraction of sp³-hybridized carbons (Fsp3) is 0.150. The lowest BCUT2D eigenvalue weighted by Crippen LogP contribution is -2.25. The second kappa shape index (κ2) is 7.17. The van der Waals surface area contributed by atoms with E-state index >= 15 is 0 Å². The molecule has 29 heavy (non-hydrogen) atoms. The van der Waals surface area contributed by atoms with Crippen LogP contribution in [0.15, 0.2) is 53.1 Å². The van der Waals surface area contributed by atoms with Crippen molar-refractivity contribution in [2.75, 3.05) is 5.32 Å². The monoisotopic (exact) mass is 413 g/mol. The first-order valence-corrected chi connectivity index (χ1v) is 9.47. The lowest BCUT2D eigenvalue weighted by molar-refractivity contribution is -0.00258. The highest BCUT2D eigenvalue weighted by molar-refractivity contribution is 7.20. The molecule has 3 aromatic heterocycles. The minimum absolute atomic E-state index is 0.156. The predicted octanol–water partition coefficient (Wildman–Crippen LogP) is 4.70. The number of rotatable bonds is 5. The van der Waals surface area contributed by atoms with Gasteiger partial charge in [-0.05, 0) is 49.7 Å². The third kappa shape index (κ3) is 3.77. The van der Waals surface area contributed by atoms with Crippen LogP contribution < -0.4 is 5.32 Å². The summed E-state index contributed by atoms with van der Waals surface area (Å²) in [4.78, 5) is 25.7. The molecule has 148 valence electrons. The van der Waals surface area contributed by atoms with E-state index < -0.39 is 17.5 Å². The van der Waals surface area contributed by atoms with Crippen LogP contribution >= 0.6 is 11.3 Å². The average molecular weight is 413 g/mol. The van der Waals surface area contributed by atoms with Crippen molar-refractivity contribution in [3.05, 3.63) is 70.7 Å². The quantitative estimate of drug-likeness (QED) is 0.462. The summed E-state index contributed by atoms with van der Waals surface area (Å²) in [6, 6.07) is 10.5. The van der Waals surface area contributed by atoms with Crippen LogP contribution in [0.25, 0.3) is 10.2 Å². The number of nitrogens with zero attached hydrogens (tertiary/aromatic N) is 1. The number of anilines is 1. The van der Waals surface area contributed by atoms with E-state index in [9.17, 15) is 14.0 Å². The maximum absolute atomic E-state index is 13.2. The van der Waals surface area contributed by atoms with Gasteiger partial charge in [0.15, 0.2) is 5.76 Å². The molecule has 0 atom stereocenters. The van der Waals surface area contributed by atoms with E-state index in [1.807, 2.05) is 0 Å².